The number of piperidine rings is 2. The van der Waals surface area contributed by atoms with E-state index in [-0.39, 0.29) is 11.8 Å². The molecule has 2 aliphatic heterocycles. The van der Waals surface area contributed by atoms with Crippen molar-refractivity contribution < 1.29 is 4.79 Å². The third kappa shape index (κ3) is 5.82. The molecule has 2 aromatic rings. The van der Waals surface area contributed by atoms with Crippen LogP contribution in [0.25, 0.3) is 11.3 Å². The zero-order chi connectivity index (χ0) is 21.5. The van der Waals surface area contributed by atoms with Gasteiger partial charge in [0.1, 0.15) is 0 Å². The first-order valence-corrected chi connectivity index (χ1v) is 11.9. The highest BCUT2D eigenvalue weighted by Crippen LogP contribution is 2.23. The summed E-state index contributed by atoms with van der Waals surface area (Å²) in [5.41, 5.74) is 1.94. The van der Waals surface area contributed by atoms with Crippen molar-refractivity contribution in [1.29, 1.82) is 0 Å². The number of rotatable bonds is 7. The van der Waals surface area contributed by atoms with E-state index >= 15 is 0 Å². The number of nitrogens with one attached hydrogen (secondary N) is 1. The molecular formula is C25H35N5O. The molecule has 0 aliphatic carbocycles. The van der Waals surface area contributed by atoms with Crippen molar-refractivity contribution in [2.45, 2.75) is 51.5 Å². The van der Waals surface area contributed by atoms with E-state index < -0.39 is 0 Å². The Balaban J connectivity index is 1.24. The predicted octanol–water partition coefficient (Wildman–Crippen LogP) is 3.74. The van der Waals surface area contributed by atoms with Crippen LogP contribution in [0.1, 0.15) is 45.4 Å². The third-order valence-corrected chi connectivity index (χ3v) is 6.70. The standard InChI is InChI=1S/C25H35N5O/c1-20-9-5-6-16-29(20)18-8-15-26-25(31)22-12-7-17-30(19-22)24-14-13-23(27-28-24)21-10-3-2-4-11-21/h2-4,10-11,13-14,20,22H,5-9,12,15-19H2,1H3,(H,26,31). The molecular weight excluding hydrogens is 386 g/mol. The minimum absolute atomic E-state index is 0.0262. The monoisotopic (exact) mass is 421 g/mol. The van der Waals surface area contributed by atoms with Gasteiger partial charge in [0.05, 0.1) is 11.6 Å². The maximum atomic E-state index is 12.7. The van der Waals surface area contributed by atoms with E-state index in [1.54, 1.807) is 0 Å². The summed E-state index contributed by atoms with van der Waals surface area (Å²) >= 11 is 0. The third-order valence-electron chi connectivity index (χ3n) is 6.70. The van der Waals surface area contributed by atoms with E-state index in [1.165, 1.54) is 25.8 Å². The van der Waals surface area contributed by atoms with Gasteiger partial charge in [0, 0.05) is 37.8 Å². The molecule has 0 saturated carbocycles. The molecule has 0 spiro atoms. The molecule has 166 valence electrons. The molecule has 2 unspecified atom stereocenters. The molecule has 2 saturated heterocycles. The van der Waals surface area contributed by atoms with Gasteiger partial charge in [0.2, 0.25) is 5.91 Å². The van der Waals surface area contributed by atoms with Crippen LogP contribution in [0.3, 0.4) is 0 Å². The molecule has 0 bridgehead atoms. The Morgan fingerprint density at radius 1 is 1.03 bits per heavy atom. The van der Waals surface area contributed by atoms with Gasteiger partial charge in [0.25, 0.3) is 0 Å². The summed E-state index contributed by atoms with van der Waals surface area (Å²) in [5.74, 6) is 1.07. The topological polar surface area (TPSA) is 61.4 Å². The maximum Gasteiger partial charge on any atom is 0.224 e. The van der Waals surface area contributed by atoms with Crippen molar-refractivity contribution in [3.63, 3.8) is 0 Å². The zero-order valence-electron chi connectivity index (χ0n) is 18.7. The zero-order valence-corrected chi connectivity index (χ0v) is 18.7. The summed E-state index contributed by atoms with van der Waals surface area (Å²) in [6.07, 6.45) is 6.95. The number of hydrogen-bond acceptors (Lipinski definition) is 5. The molecule has 0 radical (unpaired) electrons. The molecule has 1 aromatic carbocycles. The lowest BCUT2D eigenvalue weighted by atomic mass is 9.97. The Labute approximate surface area is 186 Å². The van der Waals surface area contributed by atoms with Crippen LogP contribution < -0.4 is 10.2 Å². The summed E-state index contributed by atoms with van der Waals surface area (Å²) in [4.78, 5) is 17.5. The fourth-order valence-corrected chi connectivity index (χ4v) is 4.78. The number of likely N-dealkylation sites (tertiary alicyclic amines) is 1. The molecule has 2 atom stereocenters. The Kier molecular flexibility index (Phi) is 7.52. The Morgan fingerprint density at radius 3 is 2.68 bits per heavy atom. The van der Waals surface area contributed by atoms with Crippen LogP contribution in [0.15, 0.2) is 42.5 Å². The van der Waals surface area contributed by atoms with Gasteiger partial charge in [0.15, 0.2) is 5.82 Å². The largest absolute Gasteiger partial charge is 0.356 e. The molecule has 1 aromatic heterocycles. The van der Waals surface area contributed by atoms with Gasteiger partial charge in [-0.15, -0.1) is 10.2 Å². The van der Waals surface area contributed by atoms with Crippen molar-refractivity contribution in [3.05, 3.63) is 42.5 Å². The predicted molar refractivity (Wildman–Crippen MR) is 125 cm³/mol. The summed E-state index contributed by atoms with van der Waals surface area (Å²) in [6, 6.07) is 14.8. The van der Waals surface area contributed by atoms with Crippen molar-refractivity contribution in [2.24, 2.45) is 5.92 Å². The van der Waals surface area contributed by atoms with Gasteiger partial charge in [-0.3, -0.25) is 4.79 Å². The number of amides is 1. The second-order valence-corrected chi connectivity index (χ2v) is 8.95. The minimum atomic E-state index is 0.0262. The smallest absolute Gasteiger partial charge is 0.224 e. The van der Waals surface area contributed by atoms with Crippen LogP contribution in [-0.2, 0) is 4.79 Å². The summed E-state index contributed by atoms with van der Waals surface area (Å²) in [5, 5.41) is 12.0. The van der Waals surface area contributed by atoms with Gasteiger partial charge in [-0.2, -0.15) is 0 Å². The highest BCUT2D eigenvalue weighted by Gasteiger charge is 2.26. The molecule has 2 fully saturated rings. The van der Waals surface area contributed by atoms with Crippen molar-refractivity contribution >= 4 is 11.7 Å². The van der Waals surface area contributed by atoms with Crippen LogP contribution in [0, 0.1) is 5.92 Å². The fraction of sp³-hybridized carbons (Fsp3) is 0.560. The van der Waals surface area contributed by atoms with Crippen LogP contribution in [0.5, 0.6) is 0 Å². The molecule has 4 rings (SSSR count). The fourth-order valence-electron chi connectivity index (χ4n) is 4.78. The summed E-state index contributed by atoms with van der Waals surface area (Å²) in [7, 11) is 0. The Morgan fingerprint density at radius 2 is 1.90 bits per heavy atom. The lowest BCUT2D eigenvalue weighted by Crippen LogP contribution is -2.44. The highest BCUT2D eigenvalue weighted by atomic mass is 16.1. The number of anilines is 1. The van der Waals surface area contributed by atoms with Crippen LogP contribution in [-0.4, -0.2) is 59.8 Å². The molecule has 1 amide bonds. The first-order valence-electron chi connectivity index (χ1n) is 11.9. The lowest BCUT2D eigenvalue weighted by molar-refractivity contribution is -0.125. The Bertz CT molecular complexity index is 826. The SMILES string of the molecule is CC1CCCCN1CCCNC(=O)C1CCCN(c2ccc(-c3ccccc3)nn2)C1. The summed E-state index contributed by atoms with van der Waals surface area (Å²) in [6.45, 7) is 7.02. The van der Waals surface area contributed by atoms with Crippen LogP contribution in [0.2, 0.25) is 0 Å². The van der Waals surface area contributed by atoms with Crippen LogP contribution >= 0.6 is 0 Å². The Hall–Kier alpha value is -2.47. The van der Waals surface area contributed by atoms with Gasteiger partial charge in [-0.1, -0.05) is 36.8 Å². The van der Waals surface area contributed by atoms with Gasteiger partial charge < -0.3 is 15.1 Å². The molecule has 6 nitrogen and oxygen atoms in total. The first kappa shape index (κ1) is 21.8. The van der Waals surface area contributed by atoms with Gasteiger partial charge >= 0.3 is 0 Å². The number of carbonyl (C=O) groups excluding carboxylic acids is 1. The first-order chi connectivity index (χ1) is 15.2. The van der Waals surface area contributed by atoms with Gasteiger partial charge in [-0.25, -0.2) is 0 Å². The number of carbonyl (C=O) groups is 1. The molecule has 31 heavy (non-hydrogen) atoms. The van der Waals surface area contributed by atoms with E-state index in [2.05, 4.69) is 32.2 Å². The molecule has 6 heteroatoms. The summed E-state index contributed by atoms with van der Waals surface area (Å²) < 4.78 is 0. The molecule has 1 N–H and O–H groups in total. The average molecular weight is 422 g/mol. The van der Waals surface area contributed by atoms with Crippen molar-refractivity contribution in [3.8, 4) is 11.3 Å². The average Bonchev–Trinajstić information content (AvgIpc) is 2.83. The number of hydrogen-bond donors (Lipinski definition) is 1. The minimum Gasteiger partial charge on any atom is -0.356 e. The van der Waals surface area contributed by atoms with Crippen molar-refractivity contribution in [1.82, 2.24) is 20.4 Å². The molecule has 3 heterocycles. The quantitative estimate of drug-likeness (QED) is 0.690. The number of benzene rings is 1. The second-order valence-electron chi connectivity index (χ2n) is 8.95. The van der Waals surface area contributed by atoms with Crippen LogP contribution in [0.4, 0.5) is 5.82 Å². The number of nitrogens with zero attached hydrogens (tertiary/aromatic N) is 4. The maximum absolute atomic E-state index is 12.7. The lowest BCUT2D eigenvalue weighted by Gasteiger charge is -2.34. The van der Waals surface area contributed by atoms with E-state index in [4.69, 9.17) is 0 Å². The van der Waals surface area contributed by atoms with E-state index in [0.717, 1.165) is 56.0 Å². The highest BCUT2D eigenvalue weighted by molar-refractivity contribution is 5.79. The second kappa shape index (κ2) is 10.7. The van der Waals surface area contributed by atoms with E-state index in [0.29, 0.717) is 12.6 Å². The van der Waals surface area contributed by atoms with Crippen molar-refractivity contribution in [2.75, 3.05) is 37.6 Å². The molecule has 2 aliphatic rings. The number of aromatic nitrogens is 2. The van der Waals surface area contributed by atoms with E-state index in [1.807, 2.05) is 42.5 Å². The van der Waals surface area contributed by atoms with E-state index in [9.17, 15) is 4.79 Å². The van der Waals surface area contributed by atoms with Gasteiger partial charge in [-0.05, 0) is 57.7 Å². The normalized spacial score (nSPS) is 22.3.